The second kappa shape index (κ2) is 5.16. The number of rotatable bonds is 2. The van der Waals surface area contributed by atoms with Gasteiger partial charge in [0.1, 0.15) is 5.54 Å². The highest BCUT2D eigenvalue weighted by molar-refractivity contribution is 5.13. The molecule has 1 saturated heterocycles. The van der Waals surface area contributed by atoms with Gasteiger partial charge >= 0.3 is 0 Å². The van der Waals surface area contributed by atoms with Gasteiger partial charge in [0.2, 0.25) is 0 Å². The summed E-state index contributed by atoms with van der Waals surface area (Å²) in [6.07, 6.45) is 3.11. The Labute approximate surface area is 111 Å². The highest BCUT2D eigenvalue weighted by atomic mass is 15.3. The van der Waals surface area contributed by atoms with Crippen LogP contribution in [0.15, 0.2) is 0 Å². The average molecular weight is 250 g/mol. The van der Waals surface area contributed by atoms with Crippen molar-refractivity contribution in [2.24, 2.45) is 0 Å². The molecule has 0 spiro atoms. The number of likely N-dealkylation sites (N-methyl/N-ethyl adjacent to an activating group) is 1. The Balaban J connectivity index is 2.00. The van der Waals surface area contributed by atoms with E-state index in [9.17, 15) is 5.26 Å². The van der Waals surface area contributed by atoms with E-state index in [1.54, 1.807) is 0 Å². The lowest BCUT2D eigenvalue weighted by Crippen LogP contribution is -2.57. The summed E-state index contributed by atoms with van der Waals surface area (Å²) in [5.41, 5.74) is -0.277. The monoisotopic (exact) mass is 250 g/mol. The van der Waals surface area contributed by atoms with Gasteiger partial charge in [0.15, 0.2) is 0 Å². The van der Waals surface area contributed by atoms with Crippen LogP contribution in [0.4, 0.5) is 0 Å². The van der Waals surface area contributed by atoms with Crippen molar-refractivity contribution in [2.75, 3.05) is 27.2 Å². The van der Waals surface area contributed by atoms with Crippen LogP contribution >= 0.6 is 0 Å². The quantitative estimate of drug-likeness (QED) is 0.795. The molecule has 0 aromatic rings. The summed E-state index contributed by atoms with van der Waals surface area (Å²) in [4.78, 5) is 5.06. The topological polar surface area (TPSA) is 42.3 Å². The summed E-state index contributed by atoms with van der Waals surface area (Å²) in [6, 6.07) is 4.28. The van der Waals surface area contributed by atoms with Gasteiger partial charge in [-0.15, -0.1) is 0 Å². The minimum atomic E-state index is -0.277. The average Bonchev–Trinajstić information content (AvgIpc) is 2.80. The smallest absolute Gasteiger partial charge is 0.108 e. The molecule has 0 radical (unpaired) electrons. The maximum atomic E-state index is 9.34. The number of nitriles is 1. The number of nitrogens with one attached hydrogen (secondary N) is 1. The van der Waals surface area contributed by atoms with Crippen LogP contribution in [0.2, 0.25) is 0 Å². The number of hydrogen-bond acceptors (Lipinski definition) is 4. The molecule has 4 heteroatoms. The van der Waals surface area contributed by atoms with Gasteiger partial charge in [0.25, 0.3) is 0 Å². The first-order valence-corrected chi connectivity index (χ1v) is 7.07. The second-order valence-electron chi connectivity index (χ2n) is 6.16. The van der Waals surface area contributed by atoms with E-state index in [4.69, 9.17) is 0 Å². The SMILES string of the molecule is CNC1(C#N)CCC(N2CC(C)N(C)C(C)C2)C1. The zero-order valence-electron chi connectivity index (χ0n) is 12.1. The Morgan fingerprint density at radius 3 is 2.33 bits per heavy atom. The maximum absolute atomic E-state index is 9.34. The molecule has 0 bridgehead atoms. The molecular weight excluding hydrogens is 224 g/mol. The summed E-state index contributed by atoms with van der Waals surface area (Å²) in [5, 5.41) is 12.6. The number of nitrogens with zero attached hydrogens (tertiary/aromatic N) is 3. The first-order valence-electron chi connectivity index (χ1n) is 7.07. The van der Waals surface area contributed by atoms with Crippen molar-refractivity contribution in [3.63, 3.8) is 0 Å². The molecule has 1 aliphatic heterocycles. The summed E-state index contributed by atoms with van der Waals surface area (Å²) in [7, 11) is 4.13. The van der Waals surface area contributed by atoms with Gasteiger partial charge in [-0.05, 0) is 47.2 Å². The molecule has 2 aliphatic rings. The Hall–Kier alpha value is -0.630. The normalized spacial score (nSPS) is 42.9. The zero-order chi connectivity index (χ0) is 13.3. The van der Waals surface area contributed by atoms with E-state index in [2.05, 4.69) is 42.1 Å². The van der Waals surface area contributed by atoms with E-state index in [-0.39, 0.29) is 5.54 Å². The van der Waals surface area contributed by atoms with Crippen LogP contribution in [-0.2, 0) is 0 Å². The Morgan fingerprint density at radius 2 is 1.89 bits per heavy atom. The van der Waals surface area contributed by atoms with E-state index >= 15 is 0 Å². The summed E-state index contributed by atoms with van der Waals surface area (Å²) in [5.74, 6) is 0. The maximum Gasteiger partial charge on any atom is 0.108 e. The van der Waals surface area contributed by atoms with Gasteiger partial charge in [-0.2, -0.15) is 5.26 Å². The van der Waals surface area contributed by atoms with Gasteiger partial charge in [-0.25, -0.2) is 0 Å². The predicted octanol–water partition coefficient (Wildman–Crippen LogP) is 1.05. The highest BCUT2D eigenvalue weighted by Gasteiger charge is 2.42. The molecule has 1 saturated carbocycles. The Morgan fingerprint density at radius 1 is 1.28 bits per heavy atom. The molecule has 2 rings (SSSR count). The fourth-order valence-electron chi connectivity index (χ4n) is 3.46. The van der Waals surface area contributed by atoms with Crippen molar-refractivity contribution in [1.82, 2.24) is 15.1 Å². The Kier molecular flexibility index (Phi) is 3.96. The third kappa shape index (κ3) is 2.40. The molecule has 2 fully saturated rings. The summed E-state index contributed by atoms with van der Waals surface area (Å²) >= 11 is 0. The minimum absolute atomic E-state index is 0.277. The van der Waals surface area contributed by atoms with Crippen molar-refractivity contribution in [3.05, 3.63) is 0 Å². The first-order chi connectivity index (χ1) is 8.51. The van der Waals surface area contributed by atoms with Crippen molar-refractivity contribution >= 4 is 0 Å². The van der Waals surface area contributed by atoms with Crippen LogP contribution in [0.1, 0.15) is 33.1 Å². The lowest BCUT2D eigenvalue weighted by atomic mass is 9.99. The van der Waals surface area contributed by atoms with E-state index in [1.807, 2.05) is 7.05 Å². The van der Waals surface area contributed by atoms with Gasteiger partial charge in [-0.3, -0.25) is 9.80 Å². The molecule has 18 heavy (non-hydrogen) atoms. The largest absolute Gasteiger partial charge is 0.302 e. The third-order valence-electron chi connectivity index (χ3n) is 5.09. The predicted molar refractivity (Wildman–Crippen MR) is 73.3 cm³/mol. The molecule has 1 heterocycles. The van der Waals surface area contributed by atoms with E-state index in [0.717, 1.165) is 32.4 Å². The number of piperazine rings is 1. The molecule has 1 N–H and O–H groups in total. The molecule has 1 aliphatic carbocycles. The van der Waals surface area contributed by atoms with Gasteiger partial charge < -0.3 is 5.32 Å². The van der Waals surface area contributed by atoms with E-state index < -0.39 is 0 Å². The zero-order valence-corrected chi connectivity index (χ0v) is 12.1. The third-order valence-corrected chi connectivity index (χ3v) is 5.09. The van der Waals surface area contributed by atoms with Crippen LogP contribution in [0.3, 0.4) is 0 Å². The minimum Gasteiger partial charge on any atom is -0.302 e. The van der Waals surface area contributed by atoms with Gasteiger partial charge in [0.05, 0.1) is 6.07 Å². The second-order valence-corrected chi connectivity index (χ2v) is 6.16. The molecule has 4 nitrogen and oxygen atoms in total. The molecule has 0 amide bonds. The van der Waals surface area contributed by atoms with Crippen LogP contribution in [-0.4, -0.2) is 60.6 Å². The Bertz CT molecular complexity index is 325. The van der Waals surface area contributed by atoms with E-state index in [1.165, 1.54) is 0 Å². The van der Waals surface area contributed by atoms with Crippen molar-refractivity contribution in [2.45, 2.75) is 56.8 Å². The lowest BCUT2D eigenvalue weighted by molar-refractivity contribution is 0.0340. The van der Waals surface area contributed by atoms with Crippen molar-refractivity contribution in [3.8, 4) is 6.07 Å². The van der Waals surface area contributed by atoms with Crippen molar-refractivity contribution in [1.29, 1.82) is 5.26 Å². The molecule has 0 aromatic heterocycles. The highest BCUT2D eigenvalue weighted by Crippen LogP contribution is 2.33. The fourth-order valence-corrected chi connectivity index (χ4v) is 3.46. The summed E-state index contributed by atoms with van der Waals surface area (Å²) < 4.78 is 0. The van der Waals surface area contributed by atoms with Crippen LogP contribution in [0.25, 0.3) is 0 Å². The van der Waals surface area contributed by atoms with Crippen LogP contribution in [0.5, 0.6) is 0 Å². The molecule has 0 aromatic carbocycles. The summed E-state index contributed by atoms with van der Waals surface area (Å²) in [6.45, 7) is 6.87. The van der Waals surface area contributed by atoms with Crippen molar-refractivity contribution < 1.29 is 0 Å². The standard InChI is InChI=1S/C14H26N4/c1-11-8-18(9-12(2)17(11)4)13-5-6-14(7-13,10-15)16-3/h11-13,16H,5-9H2,1-4H3. The number of hydrogen-bond donors (Lipinski definition) is 1. The molecule has 4 atom stereocenters. The molecule has 4 unspecified atom stereocenters. The molecular formula is C14H26N4. The first kappa shape index (κ1) is 13.8. The lowest BCUT2D eigenvalue weighted by Gasteiger charge is -2.45. The van der Waals surface area contributed by atoms with E-state index in [0.29, 0.717) is 18.1 Å². The van der Waals surface area contributed by atoms with Gasteiger partial charge in [0, 0.05) is 31.2 Å². The van der Waals surface area contributed by atoms with Gasteiger partial charge in [-0.1, -0.05) is 0 Å². The van der Waals surface area contributed by atoms with Crippen LogP contribution in [0, 0.1) is 11.3 Å². The molecule has 102 valence electrons. The van der Waals surface area contributed by atoms with Crippen LogP contribution < -0.4 is 5.32 Å². The fraction of sp³-hybridized carbons (Fsp3) is 0.929.